The lowest BCUT2D eigenvalue weighted by atomic mass is 10.3. The molecule has 0 radical (unpaired) electrons. The van der Waals surface area contributed by atoms with Gasteiger partial charge in [0.25, 0.3) is 0 Å². The lowest BCUT2D eigenvalue weighted by Crippen LogP contribution is -2.06. The van der Waals surface area contributed by atoms with Crippen LogP contribution in [-0.2, 0) is 10.4 Å². The zero-order valence-electron chi connectivity index (χ0n) is 6.21. The fraction of sp³-hybridized carbons (Fsp3) is 0. The molecule has 0 aliphatic heterocycles. The van der Waals surface area contributed by atoms with Crippen molar-refractivity contribution < 1.29 is 27.4 Å². The molecule has 0 unspecified atom stereocenters. The van der Waals surface area contributed by atoms with Crippen LogP contribution in [0.15, 0.2) is 18.2 Å². The Kier molecular flexibility index (Phi) is 2.30. The van der Waals surface area contributed by atoms with Gasteiger partial charge in [0, 0.05) is 6.07 Å². The summed E-state index contributed by atoms with van der Waals surface area (Å²) in [6, 6.07) is 3.01. The van der Waals surface area contributed by atoms with Gasteiger partial charge in [0.1, 0.15) is 5.75 Å². The van der Waals surface area contributed by atoms with E-state index in [4.69, 9.17) is 14.8 Å². The van der Waals surface area contributed by atoms with E-state index in [0.717, 1.165) is 18.2 Å². The molecular weight excluding hydrogens is 200 g/mol. The summed E-state index contributed by atoms with van der Waals surface area (Å²) >= 11 is 0. The SMILES string of the molecule is O=S(=O)(O)Oc1cc(O)ccc1O. The van der Waals surface area contributed by atoms with E-state index in [-0.39, 0.29) is 5.75 Å². The van der Waals surface area contributed by atoms with Gasteiger partial charge in [0.15, 0.2) is 11.5 Å². The second kappa shape index (κ2) is 3.11. The van der Waals surface area contributed by atoms with Gasteiger partial charge in [-0.3, -0.25) is 4.55 Å². The van der Waals surface area contributed by atoms with E-state index in [0.29, 0.717) is 0 Å². The third-order valence-corrected chi connectivity index (χ3v) is 1.53. The summed E-state index contributed by atoms with van der Waals surface area (Å²) in [5.74, 6) is -1.34. The summed E-state index contributed by atoms with van der Waals surface area (Å²) in [6.07, 6.45) is 0. The van der Waals surface area contributed by atoms with Crippen LogP contribution in [0, 0.1) is 0 Å². The Morgan fingerprint density at radius 2 is 1.85 bits per heavy atom. The third-order valence-electron chi connectivity index (χ3n) is 1.14. The van der Waals surface area contributed by atoms with Crippen molar-refractivity contribution in [3.05, 3.63) is 18.2 Å². The van der Waals surface area contributed by atoms with Crippen molar-refractivity contribution >= 4 is 10.4 Å². The van der Waals surface area contributed by atoms with Crippen LogP contribution in [0.3, 0.4) is 0 Å². The number of phenolic OH excluding ortho intramolecular Hbond substituents is 2. The van der Waals surface area contributed by atoms with Crippen LogP contribution < -0.4 is 4.18 Å². The lowest BCUT2D eigenvalue weighted by molar-refractivity contribution is 0.369. The highest BCUT2D eigenvalue weighted by Gasteiger charge is 2.11. The Hall–Kier alpha value is -1.47. The molecule has 3 N–H and O–H groups in total. The highest BCUT2D eigenvalue weighted by atomic mass is 32.3. The maximum atomic E-state index is 10.2. The summed E-state index contributed by atoms with van der Waals surface area (Å²) in [6.45, 7) is 0. The molecule has 0 amide bonds. The van der Waals surface area contributed by atoms with Crippen LogP contribution >= 0.6 is 0 Å². The molecule has 0 fully saturated rings. The molecule has 0 spiro atoms. The van der Waals surface area contributed by atoms with Crippen LogP contribution in [0.2, 0.25) is 0 Å². The molecule has 1 aromatic rings. The van der Waals surface area contributed by atoms with Gasteiger partial charge in [-0.15, -0.1) is 0 Å². The summed E-state index contributed by atoms with van der Waals surface area (Å²) in [4.78, 5) is 0. The smallest absolute Gasteiger partial charge is 0.446 e. The molecule has 0 atom stereocenters. The van der Waals surface area contributed by atoms with Gasteiger partial charge in [-0.1, -0.05) is 0 Å². The first kappa shape index (κ1) is 9.62. The number of phenols is 2. The first-order chi connectivity index (χ1) is 5.88. The Bertz CT molecular complexity index is 409. The molecule has 0 saturated carbocycles. The molecule has 0 aromatic heterocycles. The maximum Gasteiger partial charge on any atom is 0.446 e. The van der Waals surface area contributed by atoms with Crippen LogP contribution in [-0.4, -0.2) is 23.2 Å². The largest absolute Gasteiger partial charge is 0.508 e. The number of benzene rings is 1. The minimum Gasteiger partial charge on any atom is -0.508 e. The molecule has 0 aliphatic rings. The van der Waals surface area contributed by atoms with E-state index < -0.39 is 21.9 Å². The van der Waals surface area contributed by atoms with Crippen molar-refractivity contribution in [2.75, 3.05) is 0 Å². The average Bonchev–Trinajstić information content (AvgIpc) is 1.94. The Balaban J connectivity index is 3.08. The lowest BCUT2D eigenvalue weighted by Gasteiger charge is -2.03. The van der Waals surface area contributed by atoms with Crippen LogP contribution in [0.4, 0.5) is 0 Å². The van der Waals surface area contributed by atoms with E-state index in [1.807, 2.05) is 0 Å². The minimum absolute atomic E-state index is 0.295. The topological polar surface area (TPSA) is 104 Å². The molecule has 1 rings (SSSR count). The fourth-order valence-corrected chi connectivity index (χ4v) is 1.04. The van der Waals surface area contributed by atoms with Crippen molar-refractivity contribution in [1.82, 2.24) is 0 Å². The molecule has 1 aromatic carbocycles. The van der Waals surface area contributed by atoms with Crippen LogP contribution in [0.25, 0.3) is 0 Å². The van der Waals surface area contributed by atoms with Crippen molar-refractivity contribution in [3.8, 4) is 17.2 Å². The summed E-state index contributed by atoms with van der Waals surface area (Å²) in [5, 5.41) is 17.9. The van der Waals surface area contributed by atoms with E-state index in [1.165, 1.54) is 0 Å². The quantitative estimate of drug-likeness (QED) is 0.474. The first-order valence-electron chi connectivity index (χ1n) is 3.07. The fourth-order valence-electron chi connectivity index (χ4n) is 0.683. The Labute approximate surface area is 74.0 Å². The minimum atomic E-state index is -4.69. The Morgan fingerprint density at radius 3 is 2.38 bits per heavy atom. The molecule has 0 saturated heterocycles. The highest BCUT2D eigenvalue weighted by Crippen LogP contribution is 2.30. The van der Waals surface area contributed by atoms with E-state index in [1.54, 1.807) is 0 Å². The van der Waals surface area contributed by atoms with Gasteiger partial charge in [-0.25, -0.2) is 0 Å². The van der Waals surface area contributed by atoms with E-state index >= 15 is 0 Å². The molecule has 6 nitrogen and oxygen atoms in total. The molecule has 7 heteroatoms. The van der Waals surface area contributed by atoms with Gasteiger partial charge in [-0.2, -0.15) is 8.42 Å². The van der Waals surface area contributed by atoms with Crippen molar-refractivity contribution in [2.24, 2.45) is 0 Å². The molecule has 0 heterocycles. The van der Waals surface area contributed by atoms with Crippen molar-refractivity contribution in [1.29, 1.82) is 0 Å². The van der Waals surface area contributed by atoms with Crippen LogP contribution in [0.5, 0.6) is 17.2 Å². The zero-order chi connectivity index (χ0) is 10.1. The second-order valence-electron chi connectivity index (χ2n) is 2.16. The molecule has 0 bridgehead atoms. The summed E-state index contributed by atoms with van der Waals surface area (Å²) in [5.41, 5.74) is 0. The monoisotopic (exact) mass is 206 g/mol. The first-order valence-corrected chi connectivity index (χ1v) is 4.44. The summed E-state index contributed by atoms with van der Waals surface area (Å²) < 4.78 is 32.6. The molecule has 72 valence electrons. The predicted octanol–water partition coefficient (Wildman–Crippen LogP) is 0.279. The van der Waals surface area contributed by atoms with E-state index in [9.17, 15) is 8.42 Å². The molecule has 13 heavy (non-hydrogen) atoms. The normalized spacial score (nSPS) is 11.2. The van der Waals surface area contributed by atoms with Gasteiger partial charge in [0.2, 0.25) is 0 Å². The van der Waals surface area contributed by atoms with Crippen LogP contribution in [0.1, 0.15) is 0 Å². The van der Waals surface area contributed by atoms with Gasteiger partial charge in [0.05, 0.1) is 0 Å². The zero-order valence-corrected chi connectivity index (χ0v) is 7.02. The van der Waals surface area contributed by atoms with Crippen molar-refractivity contribution in [3.63, 3.8) is 0 Å². The highest BCUT2D eigenvalue weighted by molar-refractivity contribution is 7.81. The average molecular weight is 206 g/mol. The van der Waals surface area contributed by atoms with Crippen molar-refractivity contribution in [2.45, 2.75) is 0 Å². The number of rotatable bonds is 2. The second-order valence-corrected chi connectivity index (χ2v) is 3.19. The third kappa shape index (κ3) is 2.80. The number of hydrogen-bond acceptors (Lipinski definition) is 5. The molecular formula is C6H6O6S. The summed E-state index contributed by atoms with van der Waals surface area (Å²) in [7, 11) is -4.69. The predicted molar refractivity (Wildman–Crippen MR) is 41.9 cm³/mol. The van der Waals surface area contributed by atoms with E-state index in [2.05, 4.69) is 4.18 Å². The Morgan fingerprint density at radius 1 is 1.23 bits per heavy atom. The number of hydrogen-bond donors (Lipinski definition) is 3. The molecule has 0 aliphatic carbocycles. The van der Waals surface area contributed by atoms with Gasteiger partial charge < -0.3 is 14.4 Å². The number of aromatic hydroxyl groups is 2. The maximum absolute atomic E-state index is 10.2. The standard InChI is InChI=1S/C6H6O6S/c7-4-1-2-5(8)6(3-4)12-13(9,10)11/h1-3,7-8H,(H,9,10,11). The van der Waals surface area contributed by atoms with Gasteiger partial charge >= 0.3 is 10.4 Å². The van der Waals surface area contributed by atoms with Gasteiger partial charge in [-0.05, 0) is 12.1 Å².